The van der Waals surface area contributed by atoms with Crippen LogP contribution in [0.1, 0.15) is 44.6 Å². The molecular weight excluding hydrogens is 563 g/mol. The molecule has 0 radical (unpaired) electrons. The van der Waals surface area contributed by atoms with E-state index in [1.165, 1.54) is 31.1 Å². The van der Waals surface area contributed by atoms with Crippen molar-refractivity contribution in [1.29, 1.82) is 0 Å². The molecule has 0 aliphatic heterocycles. The number of halogens is 2. The van der Waals surface area contributed by atoms with Gasteiger partial charge in [-0.15, -0.1) is 0 Å². The van der Waals surface area contributed by atoms with Gasteiger partial charge < -0.3 is 10.2 Å². The molecule has 0 aromatic heterocycles. The molecule has 8 nitrogen and oxygen atoms in total. The lowest BCUT2D eigenvalue weighted by atomic mass is 9.95. The largest absolute Gasteiger partial charge is 0.352 e. The molecule has 1 aliphatic carbocycles. The summed E-state index contributed by atoms with van der Waals surface area (Å²) in [6, 6.07) is 11.5. The first kappa shape index (κ1) is 29.1. The van der Waals surface area contributed by atoms with Crippen LogP contribution in [0.4, 0.5) is 10.1 Å². The smallest absolute Gasteiger partial charge is 0.304 e. The standard InChI is InChI=1S/C26H34BrFN4O4S/c1-19(26(34)29-23-7-5-4-6-8-23)31(17-20-9-11-21(27)12-10-20)25(33)18-32(37(35,36)30(2)3)24-15-13-22(28)14-16-24/h9-16,19,23H,4-8,17-18H2,1-3H3,(H,29,34). The summed E-state index contributed by atoms with van der Waals surface area (Å²) in [6.45, 7) is 1.21. The molecule has 202 valence electrons. The highest BCUT2D eigenvalue weighted by Crippen LogP contribution is 2.22. The molecule has 37 heavy (non-hydrogen) atoms. The van der Waals surface area contributed by atoms with E-state index >= 15 is 0 Å². The minimum absolute atomic E-state index is 0.0677. The van der Waals surface area contributed by atoms with Crippen LogP contribution >= 0.6 is 15.9 Å². The maximum absolute atomic E-state index is 13.7. The fourth-order valence-electron chi connectivity index (χ4n) is 4.26. The van der Waals surface area contributed by atoms with Crippen LogP contribution in [0.15, 0.2) is 53.0 Å². The number of carbonyl (C=O) groups excluding carboxylic acids is 2. The second-order valence-corrected chi connectivity index (χ2v) is 12.4. The first-order valence-corrected chi connectivity index (χ1v) is 14.5. The van der Waals surface area contributed by atoms with E-state index in [1.807, 2.05) is 24.3 Å². The molecule has 1 N–H and O–H groups in total. The number of hydrogen-bond donors (Lipinski definition) is 1. The monoisotopic (exact) mass is 596 g/mol. The second-order valence-electron chi connectivity index (χ2n) is 9.44. The van der Waals surface area contributed by atoms with Gasteiger partial charge in [0, 0.05) is 31.2 Å². The van der Waals surface area contributed by atoms with E-state index in [9.17, 15) is 22.4 Å². The summed E-state index contributed by atoms with van der Waals surface area (Å²) in [5.74, 6) is -1.35. The quantitative estimate of drug-likeness (QED) is 0.448. The molecule has 1 saturated carbocycles. The van der Waals surface area contributed by atoms with E-state index in [2.05, 4.69) is 21.2 Å². The van der Waals surface area contributed by atoms with Gasteiger partial charge in [0.25, 0.3) is 0 Å². The molecule has 2 aromatic carbocycles. The summed E-state index contributed by atoms with van der Waals surface area (Å²) in [7, 11) is -1.38. The second kappa shape index (κ2) is 12.8. The number of carbonyl (C=O) groups is 2. The summed E-state index contributed by atoms with van der Waals surface area (Å²) in [4.78, 5) is 28.3. The summed E-state index contributed by atoms with van der Waals surface area (Å²) < 4.78 is 42.6. The van der Waals surface area contributed by atoms with Gasteiger partial charge in [-0.2, -0.15) is 12.7 Å². The van der Waals surface area contributed by atoms with Crippen LogP contribution in [-0.2, 0) is 26.3 Å². The van der Waals surface area contributed by atoms with Crippen molar-refractivity contribution in [3.63, 3.8) is 0 Å². The number of benzene rings is 2. The highest BCUT2D eigenvalue weighted by Gasteiger charge is 2.33. The molecule has 11 heteroatoms. The fraction of sp³-hybridized carbons (Fsp3) is 0.462. The van der Waals surface area contributed by atoms with Gasteiger partial charge in [0.15, 0.2) is 0 Å². The van der Waals surface area contributed by atoms with E-state index in [4.69, 9.17) is 0 Å². The lowest BCUT2D eigenvalue weighted by molar-refractivity contribution is -0.139. The summed E-state index contributed by atoms with van der Waals surface area (Å²) in [5, 5.41) is 3.07. The van der Waals surface area contributed by atoms with Gasteiger partial charge in [-0.1, -0.05) is 47.3 Å². The third-order valence-electron chi connectivity index (χ3n) is 6.52. The Hall–Kier alpha value is -2.50. The molecular formula is C26H34BrFN4O4S. The first-order chi connectivity index (χ1) is 17.5. The van der Waals surface area contributed by atoms with Gasteiger partial charge >= 0.3 is 10.2 Å². The Balaban J connectivity index is 1.90. The highest BCUT2D eigenvalue weighted by atomic mass is 79.9. The van der Waals surface area contributed by atoms with Crippen molar-refractivity contribution in [1.82, 2.24) is 14.5 Å². The highest BCUT2D eigenvalue weighted by molar-refractivity contribution is 9.10. The molecule has 0 heterocycles. The molecule has 0 spiro atoms. The van der Waals surface area contributed by atoms with Crippen LogP contribution in [0.25, 0.3) is 0 Å². The predicted octanol–water partition coefficient (Wildman–Crippen LogP) is 4.07. The average molecular weight is 598 g/mol. The predicted molar refractivity (Wildman–Crippen MR) is 146 cm³/mol. The van der Waals surface area contributed by atoms with E-state index in [0.717, 1.165) is 62.9 Å². The van der Waals surface area contributed by atoms with Crippen molar-refractivity contribution in [2.45, 2.75) is 57.7 Å². The molecule has 0 saturated heterocycles. The average Bonchev–Trinajstić information content (AvgIpc) is 2.87. The van der Waals surface area contributed by atoms with Crippen molar-refractivity contribution < 1.29 is 22.4 Å². The maximum Gasteiger partial charge on any atom is 0.304 e. The van der Waals surface area contributed by atoms with Crippen LogP contribution in [0.3, 0.4) is 0 Å². The molecule has 1 fully saturated rings. The Morgan fingerprint density at radius 1 is 1.03 bits per heavy atom. The SMILES string of the molecule is CC(C(=O)NC1CCCCC1)N(Cc1ccc(Br)cc1)C(=O)CN(c1ccc(F)cc1)S(=O)(=O)N(C)C. The van der Waals surface area contributed by atoms with Crippen LogP contribution in [-0.4, -0.2) is 62.2 Å². The number of amides is 2. The van der Waals surface area contributed by atoms with Gasteiger partial charge in [0.1, 0.15) is 18.4 Å². The van der Waals surface area contributed by atoms with Gasteiger partial charge in [-0.25, -0.2) is 8.70 Å². The zero-order valence-electron chi connectivity index (χ0n) is 21.4. The first-order valence-electron chi connectivity index (χ1n) is 12.3. The number of rotatable bonds is 10. The van der Waals surface area contributed by atoms with Crippen LogP contribution in [0.2, 0.25) is 0 Å². The zero-order chi connectivity index (χ0) is 27.2. The third kappa shape index (κ3) is 7.75. The summed E-state index contributed by atoms with van der Waals surface area (Å²) >= 11 is 3.40. The topological polar surface area (TPSA) is 90.0 Å². The number of nitrogens with one attached hydrogen (secondary N) is 1. The molecule has 1 atom stereocenters. The van der Waals surface area contributed by atoms with Crippen molar-refractivity contribution in [3.8, 4) is 0 Å². The lowest BCUT2D eigenvalue weighted by Gasteiger charge is -2.34. The van der Waals surface area contributed by atoms with Crippen LogP contribution < -0.4 is 9.62 Å². The number of nitrogens with zero attached hydrogens (tertiary/aromatic N) is 3. The Morgan fingerprint density at radius 3 is 2.19 bits per heavy atom. The van der Waals surface area contributed by atoms with Crippen molar-refractivity contribution in [3.05, 3.63) is 64.4 Å². The van der Waals surface area contributed by atoms with Gasteiger partial charge in [0.2, 0.25) is 11.8 Å². The molecule has 3 rings (SSSR count). The number of anilines is 1. The molecule has 1 unspecified atom stereocenters. The Kier molecular flexibility index (Phi) is 10.1. The van der Waals surface area contributed by atoms with E-state index < -0.39 is 34.5 Å². The van der Waals surface area contributed by atoms with Gasteiger partial charge in [0.05, 0.1) is 5.69 Å². The summed E-state index contributed by atoms with van der Waals surface area (Å²) in [6.07, 6.45) is 5.05. The van der Waals surface area contributed by atoms with E-state index in [1.54, 1.807) is 6.92 Å². The fourth-order valence-corrected chi connectivity index (χ4v) is 5.58. The molecule has 2 amide bonds. The van der Waals surface area contributed by atoms with Crippen LogP contribution in [0, 0.1) is 5.82 Å². The van der Waals surface area contributed by atoms with Crippen molar-refractivity contribution in [2.24, 2.45) is 0 Å². The normalized spacial score (nSPS) is 15.3. The minimum atomic E-state index is -4.09. The van der Waals surface area contributed by atoms with Gasteiger partial charge in [-0.05, 0) is 61.7 Å². The molecule has 1 aliphatic rings. The zero-order valence-corrected chi connectivity index (χ0v) is 23.8. The summed E-state index contributed by atoms with van der Waals surface area (Å²) in [5.41, 5.74) is 0.934. The Morgan fingerprint density at radius 2 is 1.62 bits per heavy atom. The van der Waals surface area contributed by atoms with Gasteiger partial charge in [-0.3, -0.25) is 9.59 Å². The lowest BCUT2D eigenvalue weighted by Crippen LogP contribution is -2.53. The maximum atomic E-state index is 13.7. The Bertz CT molecular complexity index is 1170. The molecule has 2 aromatic rings. The van der Waals surface area contributed by atoms with Crippen molar-refractivity contribution >= 4 is 43.6 Å². The third-order valence-corrected chi connectivity index (χ3v) is 8.87. The van der Waals surface area contributed by atoms with E-state index in [0.29, 0.717) is 0 Å². The minimum Gasteiger partial charge on any atom is -0.352 e. The van der Waals surface area contributed by atoms with Crippen LogP contribution in [0.5, 0.6) is 0 Å². The number of hydrogen-bond acceptors (Lipinski definition) is 4. The van der Waals surface area contributed by atoms with Crippen molar-refractivity contribution in [2.75, 3.05) is 24.9 Å². The molecule has 0 bridgehead atoms. The Labute approximate surface area is 227 Å². The van der Waals surface area contributed by atoms with E-state index in [-0.39, 0.29) is 24.2 Å².